The van der Waals surface area contributed by atoms with Crippen LogP contribution in [0.5, 0.6) is 0 Å². The van der Waals surface area contributed by atoms with E-state index >= 15 is 0 Å². The minimum Gasteiger partial charge on any atom is -0.394 e. The Morgan fingerprint density at radius 1 is 1.41 bits per heavy atom. The van der Waals surface area contributed by atoms with Gasteiger partial charge in [0.1, 0.15) is 29.0 Å². The first-order chi connectivity index (χ1) is 12.9. The van der Waals surface area contributed by atoms with E-state index in [-0.39, 0.29) is 35.3 Å². The van der Waals surface area contributed by atoms with Crippen molar-refractivity contribution in [1.29, 1.82) is 0 Å². The van der Waals surface area contributed by atoms with E-state index < -0.39 is 23.1 Å². The van der Waals surface area contributed by atoms with Crippen molar-refractivity contribution in [3.8, 4) is 0 Å². The predicted molar refractivity (Wildman–Crippen MR) is 95.1 cm³/mol. The molecule has 0 bridgehead atoms. The van der Waals surface area contributed by atoms with E-state index in [1.54, 1.807) is 13.0 Å². The Morgan fingerprint density at radius 3 is 2.89 bits per heavy atom. The van der Waals surface area contributed by atoms with E-state index in [9.17, 15) is 13.6 Å². The number of rotatable bonds is 6. The second-order valence-electron chi connectivity index (χ2n) is 5.61. The summed E-state index contributed by atoms with van der Waals surface area (Å²) in [6, 6.07) is 4.42. The van der Waals surface area contributed by atoms with Crippen molar-refractivity contribution in [3.63, 3.8) is 0 Å². The van der Waals surface area contributed by atoms with Gasteiger partial charge in [-0.25, -0.2) is 19.2 Å². The van der Waals surface area contributed by atoms with E-state index in [4.69, 9.17) is 21.5 Å². The van der Waals surface area contributed by atoms with Gasteiger partial charge in [0.2, 0.25) is 0 Å². The van der Waals surface area contributed by atoms with Crippen LogP contribution >= 0.6 is 11.6 Å². The van der Waals surface area contributed by atoms with E-state index in [2.05, 4.69) is 10.3 Å². The molecule has 0 aliphatic heterocycles. The van der Waals surface area contributed by atoms with Crippen LogP contribution in [0.4, 0.5) is 20.3 Å². The highest BCUT2D eigenvalue weighted by atomic mass is 35.5. The van der Waals surface area contributed by atoms with Crippen LogP contribution in [0.25, 0.3) is 5.52 Å². The summed E-state index contributed by atoms with van der Waals surface area (Å²) in [5, 5.41) is 11.4. The third kappa shape index (κ3) is 3.70. The van der Waals surface area contributed by atoms with Gasteiger partial charge in [0.15, 0.2) is 5.82 Å². The molecule has 0 aliphatic carbocycles. The van der Waals surface area contributed by atoms with Gasteiger partial charge in [-0.2, -0.15) is 0 Å². The fourth-order valence-electron chi connectivity index (χ4n) is 2.51. The lowest BCUT2D eigenvalue weighted by atomic mass is 10.2. The molecule has 0 spiro atoms. The number of amides is 1. The van der Waals surface area contributed by atoms with Crippen LogP contribution in [0.1, 0.15) is 15.9 Å². The molecule has 0 saturated heterocycles. The van der Waals surface area contributed by atoms with E-state index in [0.717, 1.165) is 0 Å². The van der Waals surface area contributed by atoms with Gasteiger partial charge in [-0.3, -0.25) is 14.0 Å². The normalized spacial score (nSPS) is 11.0. The number of fused-ring (bicyclic) bond motifs is 1. The quantitative estimate of drug-likeness (QED) is 0.440. The van der Waals surface area contributed by atoms with Crippen LogP contribution in [-0.2, 0) is 4.84 Å². The molecule has 10 heteroatoms. The van der Waals surface area contributed by atoms with Gasteiger partial charge in [0.05, 0.1) is 23.9 Å². The molecule has 2 aromatic heterocycles. The summed E-state index contributed by atoms with van der Waals surface area (Å²) in [6.07, 6.45) is 2.46. The zero-order valence-corrected chi connectivity index (χ0v) is 14.8. The van der Waals surface area contributed by atoms with Crippen molar-refractivity contribution in [1.82, 2.24) is 14.9 Å². The molecule has 0 radical (unpaired) electrons. The number of benzene rings is 1. The molecule has 2 heterocycles. The van der Waals surface area contributed by atoms with Gasteiger partial charge in [-0.15, -0.1) is 0 Å². The van der Waals surface area contributed by atoms with Crippen molar-refractivity contribution < 1.29 is 23.5 Å². The zero-order chi connectivity index (χ0) is 19.6. The monoisotopic (exact) mass is 396 g/mol. The molecular formula is C17H15ClF2N4O3. The van der Waals surface area contributed by atoms with Crippen LogP contribution in [-0.4, -0.2) is 33.6 Å². The molecule has 7 nitrogen and oxygen atoms in total. The molecule has 0 saturated carbocycles. The third-order valence-electron chi connectivity index (χ3n) is 3.71. The van der Waals surface area contributed by atoms with Crippen LogP contribution in [0, 0.1) is 18.6 Å². The molecule has 1 aromatic carbocycles. The Kier molecular flexibility index (Phi) is 5.54. The van der Waals surface area contributed by atoms with E-state index in [0.29, 0.717) is 5.56 Å². The lowest BCUT2D eigenvalue weighted by Gasteiger charge is -2.11. The van der Waals surface area contributed by atoms with Crippen LogP contribution < -0.4 is 10.8 Å². The molecule has 3 aromatic rings. The van der Waals surface area contributed by atoms with Crippen LogP contribution in [0.2, 0.25) is 5.02 Å². The van der Waals surface area contributed by atoms with Crippen LogP contribution in [0.3, 0.4) is 0 Å². The van der Waals surface area contributed by atoms with Crippen molar-refractivity contribution in [3.05, 3.63) is 58.5 Å². The number of aliphatic hydroxyl groups is 1. The number of aryl methyl sites for hydroxylation is 1. The van der Waals surface area contributed by atoms with Gasteiger partial charge in [-0.1, -0.05) is 17.7 Å². The van der Waals surface area contributed by atoms with Crippen molar-refractivity contribution in [2.24, 2.45) is 0 Å². The highest BCUT2D eigenvalue weighted by Crippen LogP contribution is 2.33. The molecule has 0 aliphatic rings. The Balaban J connectivity index is 2.12. The van der Waals surface area contributed by atoms with Gasteiger partial charge >= 0.3 is 0 Å². The van der Waals surface area contributed by atoms with Crippen LogP contribution in [0.15, 0.2) is 30.7 Å². The number of carbonyl (C=O) groups excluding carboxylic acids is 1. The first kappa shape index (κ1) is 19.0. The molecule has 0 fully saturated rings. The smallest absolute Gasteiger partial charge is 0.281 e. The SMILES string of the molecule is Cc1ccc(Nc2c(C(=O)NOCCO)c(F)c3c(Cl)cncn23)c(F)c1. The lowest BCUT2D eigenvalue weighted by molar-refractivity contribution is 0.0166. The average molecular weight is 397 g/mol. The number of carbonyl (C=O) groups is 1. The maximum Gasteiger partial charge on any atom is 0.281 e. The number of anilines is 2. The maximum absolute atomic E-state index is 14.9. The molecule has 142 valence electrons. The Bertz CT molecular complexity index is 1010. The highest BCUT2D eigenvalue weighted by molar-refractivity contribution is 6.34. The van der Waals surface area contributed by atoms with E-state index in [1.165, 1.54) is 29.1 Å². The first-order valence-corrected chi connectivity index (χ1v) is 8.21. The Hall–Kier alpha value is -2.75. The lowest BCUT2D eigenvalue weighted by Crippen LogP contribution is -2.26. The summed E-state index contributed by atoms with van der Waals surface area (Å²) >= 11 is 6.01. The predicted octanol–water partition coefficient (Wildman–Crippen LogP) is 2.97. The second-order valence-corrected chi connectivity index (χ2v) is 6.02. The number of nitrogens with one attached hydrogen (secondary N) is 2. The zero-order valence-electron chi connectivity index (χ0n) is 14.1. The Labute approximate surface area is 157 Å². The number of hydroxylamine groups is 1. The molecule has 3 rings (SSSR count). The summed E-state index contributed by atoms with van der Waals surface area (Å²) in [4.78, 5) is 21.0. The summed E-state index contributed by atoms with van der Waals surface area (Å²) in [7, 11) is 0. The van der Waals surface area contributed by atoms with Crippen molar-refractivity contribution >= 4 is 34.5 Å². The van der Waals surface area contributed by atoms with Gasteiger partial charge in [-0.05, 0) is 24.6 Å². The molecular weight excluding hydrogens is 382 g/mol. The second kappa shape index (κ2) is 7.87. The molecule has 27 heavy (non-hydrogen) atoms. The highest BCUT2D eigenvalue weighted by Gasteiger charge is 2.27. The average Bonchev–Trinajstić information content (AvgIpc) is 2.91. The Morgan fingerprint density at radius 2 is 2.19 bits per heavy atom. The topological polar surface area (TPSA) is 87.9 Å². The number of nitrogens with zero attached hydrogens (tertiary/aromatic N) is 2. The number of hydrogen-bond donors (Lipinski definition) is 3. The summed E-state index contributed by atoms with van der Waals surface area (Å²) in [5.74, 6) is -2.52. The summed E-state index contributed by atoms with van der Waals surface area (Å²) in [6.45, 7) is 1.20. The fraction of sp³-hybridized carbons (Fsp3) is 0.176. The third-order valence-corrected chi connectivity index (χ3v) is 3.98. The summed E-state index contributed by atoms with van der Waals surface area (Å²) < 4.78 is 30.4. The van der Waals surface area contributed by atoms with Gasteiger partial charge in [0.25, 0.3) is 5.91 Å². The number of aliphatic hydroxyl groups excluding tert-OH is 1. The largest absolute Gasteiger partial charge is 0.394 e. The fourth-order valence-corrected chi connectivity index (χ4v) is 2.74. The van der Waals surface area contributed by atoms with Crippen molar-refractivity contribution in [2.45, 2.75) is 6.92 Å². The standard InChI is InChI=1S/C17H15ClF2N4O3/c1-9-2-3-12(11(19)6-9)22-16-13(17(26)23-27-5-4-25)14(20)15-10(18)7-21-8-24(15)16/h2-3,6-8,22,25H,4-5H2,1H3,(H,23,26). The molecule has 0 unspecified atom stereocenters. The number of halogens is 3. The van der Waals surface area contributed by atoms with Crippen molar-refractivity contribution in [2.75, 3.05) is 18.5 Å². The van der Waals surface area contributed by atoms with E-state index in [1.807, 2.05) is 5.48 Å². The van der Waals surface area contributed by atoms with Gasteiger partial charge < -0.3 is 10.4 Å². The minimum absolute atomic E-state index is 0.0299. The summed E-state index contributed by atoms with van der Waals surface area (Å²) in [5.41, 5.74) is 2.21. The maximum atomic E-state index is 14.9. The molecule has 0 atom stereocenters. The first-order valence-electron chi connectivity index (χ1n) is 7.83. The molecule has 3 N–H and O–H groups in total. The number of hydrogen-bond acceptors (Lipinski definition) is 5. The van der Waals surface area contributed by atoms with Gasteiger partial charge in [0, 0.05) is 6.20 Å². The number of aromatic nitrogens is 2. The minimum atomic E-state index is -0.935. The molecule has 1 amide bonds.